The molecule has 0 bridgehead atoms. The molecule has 1 aliphatic rings. The van der Waals surface area contributed by atoms with Gasteiger partial charge in [-0.2, -0.15) is 0 Å². The van der Waals surface area contributed by atoms with Crippen molar-refractivity contribution in [3.63, 3.8) is 0 Å². The van der Waals surface area contributed by atoms with Gasteiger partial charge in [0.25, 0.3) is 0 Å². The van der Waals surface area contributed by atoms with E-state index in [1.165, 1.54) is 17.5 Å². The summed E-state index contributed by atoms with van der Waals surface area (Å²) in [5.41, 5.74) is 3.79. The molecule has 0 unspecified atom stereocenters. The van der Waals surface area contributed by atoms with Crippen molar-refractivity contribution < 1.29 is 4.74 Å². The van der Waals surface area contributed by atoms with E-state index in [2.05, 4.69) is 84.2 Å². The maximum absolute atomic E-state index is 6.34. The van der Waals surface area contributed by atoms with Crippen LogP contribution in [0.25, 0.3) is 11.1 Å². The van der Waals surface area contributed by atoms with Gasteiger partial charge in [-0.05, 0) is 36.1 Å². The van der Waals surface area contributed by atoms with Crippen LogP contribution in [0.2, 0.25) is 0 Å². The van der Waals surface area contributed by atoms with Gasteiger partial charge in [0, 0.05) is 18.0 Å². The molecule has 3 heteroatoms. The number of para-hydroxylation sites is 1. The predicted molar refractivity (Wildman–Crippen MR) is 115 cm³/mol. The largest absolute Gasteiger partial charge is 0.493 e. The Kier molecular flexibility index (Phi) is 6.92. The van der Waals surface area contributed by atoms with Gasteiger partial charge in [0.15, 0.2) is 0 Å². The molecule has 1 saturated heterocycles. The van der Waals surface area contributed by atoms with Gasteiger partial charge in [0.2, 0.25) is 0 Å². The summed E-state index contributed by atoms with van der Waals surface area (Å²) in [6.45, 7) is 2.82. The van der Waals surface area contributed by atoms with Crippen LogP contribution in [0.3, 0.4) is 0 Å². The molecule has 0 radical (unpaired) electrons. The molecule has 0 spiro atoms. The van der Waals surface area contributed by atoms with Crippen LogP contribution in [0.15, 0.2) is 84.9 Å². The zero-order chi connectivity index (χ0) is 17.6. The monoisotopic (exact) mass is 379 g/mol. The second-order valence-corrected chi connectivity index (χ2v) is 6.94. The Hall–Kier alpha value is -2.29. The highest BCUT2D eigenvalue weighted by Crippen LogP contribution is 2.33. The summed E-state index contributed by atoms with van der Waals surface area (Å²) in [4.78, 5) is 0. The van der Waals surface area contributed by atoms with Crippen LogP contribution < -0.4 is 10.1 Å². The highest BCUT2D eigenvalue weighted by atomic mass is 35.5. The smallest absolute Gasteiger partial charge is 0.127 e. The number of nitrogens with one attached hydrogen (secondary N) is 1. The first kappa shape index (κ1) is 19.5. The fourth-order valence-corrected chi connectivity index (χ4v) is 3.88. The molecule has 1 heterocycles. The van der Waals surface area contributed by atoms with Crippen LogP contribution in [0.1, 0.15) is 17.9 Å². The number of hydrogen-bond donors (Lipinski definition) is 1. The lowest BCUT2D eigenvalue weighted by Crippen LogP contribution is -2.38. The number of rotatable bonds is 5. The standard InChI is InChI=1S/C24H25NO.ClH/c1-3-9-19(10-4-1)22-15-16-25-17-21(22)18-26-24-14-8-7-13-23(24)20-11-5-2-6-12-20;/h1-14,21-22,25H,15-18H2;1H/t21-,22-;/m0./s1. The molecule has 1 aliphatic heterocycles. The Labute approximate surface area is 168 Å². The first-order valence-corrected chi connectivity index (χ1v) is 9.45. The van der Waals surface area contributed by atoms with Gasteiger partial charge in [0.1, 0.15) is 5.75 Å². The van der Waals surface area contributed by atoms with Crippen LogP contribution >= 0.6 is 12.4 Å². The molecule has 0 saturated carbocycles. The first-order chi connectivity index (χ1) is 12.9. The molecule has 140 valence electrons. The van der Waals surface area contributed by atoms with Crippen LogP contribution in [-0.4, -0.2) is 19.7 Å². The fourth-order valence-electron chi connectivity index (χ4n) is 3.88. The molecule has 4 rings (SSSR count). The molecule has 2 atom stereocenters. The van der Waals surface area contributed by atoms with Crippen molar-refractivity contribution in [1.82, 2.24) is 5.32 Å². The van der Waals surface area contributed by atoms with Gasteiger partial charge in [-0.15, -0.1) is 12.4 Å². The van der Waals surface area contributed by atoms with Crippen LogP contribution in [-0.2, 0) is 0 Å². The van der Waals surface area contributed by atoms with Gasteiger partial charge in [-0.3, -0.25) is 0 Å². The quantitative estimate of drug-likeness (QED) is 0.627. The molecule has 1 fully saturated rings. The highest BCUT2D eigenvalue weighted by molar-refractivity contribution is 5.85. The van der Waals surface area contributed by atoms with Crippen LogP contribution in [0.5, 0.6) is 5.75 Å². The lowest BCUT2D eigenvalue weighted by Gasteiger charge is -2.32. The minimum atomic E-state index is 0. The van der Waals surface area contributed by atoms with Gasteiger partial charge in [-0.1, -0.05) is 78.9 Å². The molecule has 2 nitrogen and oxygen atoms in total. The van der Waals surface area contributed by atoms with Gasteiger partial charge < -0.3 is 10.1 Å². The van der Waals surface area contributed by atoms with E-state index in [-0.39, 0.29) is 12.4 Å². The van der Waals surface area contributed by atoms with E-state index in [1.807, 2.05) is 6.07 Å². The molecule has 0 aromatic heterocycles. The van der Waals surface area contributed by atoms with E-state index in [0.29, 0.717) is 11.8 Å². The maximum atomic E-state index is 6.34. The first-order valence-electron chi connectivity index (χ1n) is 9.45. The van der Waals surface area contributed by atoms with Crippen molar-refractivity contribution in [3.8, 4) is 16.9 Å². The molecular formula is C24H26ClNO. The average molecular weight is 380 g/mol. The third-order valence-electron chi connectivity index (χ3n) is 5.26. The number of benzene rings is 3. The van der Waals surface area contributed by atoms with Crippen molar-refractivity contribution in [1.29, 1.82) is 0 Å². The van der Waals surface area contributed by atoms with Crippen molar-refractivity contribution in [2.75, 3.05) is 19.7 Å². The number of halogens is 1. The second-order valence-electron chi connectivity index (χ2n) is 6.94. The van der Waals surface area contributed by atoms with Crippen molar-refractivity contribution in [3.05, 3.63) is 90.5 Å². The lowest BCUT2D eigenvalue weighted by molar-refractivity contribution is 0.197. The Morgan fingerprint density at radius 1 is 0.815 bits per heavy atom. The van der Waals surface area contributed by atoms with E-state index in [1.54, 1.807) is 0 Å². The fraction of sp³-hybridized carbons (Fsp3) is 0.250. The normalized spacial score (nSPS) is 19.1. The summed E-state index contributed by atoms with van der Waals surface area (Å²) in [5.74, 6) is 2.01. The Morgan fingerprint density at radius 3 is 2.26 bits per heavy atom. The minimum absolute atomic E-state index is 0. The second kappa shape index (κ2) is 9.59. The van der Waals surface area contributed by atoms with Crippen LogP contribution in [0.4, 0.5) is 0 Å². The maximum Gasteiger partial charge on any atom is 0.127 e. The molecule has 3 aromatic rings. The van der Waals surface area contributed by atoms with Gasteiger partial charge in [0.05, 0.1) is 6.61 Å². The summed E-state index contributed by atoms with van der Waals surface area (Å²) in [7, 11) is 0. The summed E-state index contributed by atoms with van der Waals surface area (Å²) in [6.07, 6.45) is 1.17. The van der Waals surface area contributed by atoms with Crippen LogP contribution in [0, 0.1) is 5.92 Å². The van der Waals surface area contributed by atoms with Crippen molar-refractivity contribution in [2.24, 2.45) is 5.92 Å². The SMILES string of the molecule is Cl.c1ccc(-c2ccccc2OC[C@@H]2CNCC[C@H]2c2ccccc2)cc1. The molecule has 3 aromatic carbocycles. The predicted octanol–water partition coefficient (Wildman–Crippen LogP) is 5.55. The summed E-state index contributed by atoms with van der Waals surface area (Å²) in [5, 5.41) is 3.54. The van der Waals surface area contributed by atoms with E-state index < -0.39 is 0 Å². The minimum Gasteiger partial charge on any atom is -0.493 e. The molecule has 27 heavy (non-hydrogen) atoms. The number of ether oxygens (including phenoxy) is 1. The number of hydrogen-bond acceptors (Lipinski definition) is 2. The topological polar surface area (TPSA) is 21.3 Å². The lowest BCUT2D eigenvalue weighted by atomic mass is 9.81. The highest BCUT2D eigenvalue weighted by Gasteiger charge is 2.27. The van der Waals surface area contributed by atoms with E-state index in [9.17, 15) is 0 Å². The van der Waals surface area contributed by atoms with E-state index >= 15 is 0 Å². The molecule has 0 aliphatic carbocycles. The van der Waals surface area contributed by atoms with E-state index in [4.69, 9.17) is 4.74 Å². The average Bonchev–Trinajstić information content (AvgIpc) is 2.74. The van der Waals surface area contributed by atoms with Crippen molar-refractivity contribution in [2.45, 2.75) is 12.3 Å². The Bertz CT molecular complexity index is 822. The molecule has 0 amide bonds. The van der Waals surface area contributed by atoms with E-state index in [0.717, 1.165) is 31.0 Å². The zero-order valence-corrected chi connectivity index (χ0v) is 16.2. The van der Waals surface area contributed by atoms with Gasteiger partial charge >= 0.3 is 0 Å². The van der Waals surface area contributed by atoms with Gasteiger partial charge in [-0.25, -0.2) is 0 Å². The Balaban J connectivity index is 0.00000210. The number of piperidine rings is 1. The Morgan fingerprint density at radius 2 is 1.48 bits per heavy atom. The zero-order valence-electron chi connectivity index (χ0n) is 15.4. The van der Waals surface area contributed by atoms with Crippen molar-refractivity contribution >= 4 is 12.4 Å². The summed E-state index contributed by atoms with van der Waals surface area (Å²) >= 11 is 0. The third kappa shape index (κ3) is 4.71. The molecule has 1 N–H and O–H groups in total. The summed E-state index contributed by atoms with van der Waals surface area (Å²) < 4.78 is 6.34. The third-order valence-corrected chi connectivity index (χ3v) is 5.26. The summed E-state index contributed by atoms with van der Waals surface area (Å²) in [6, 6.07) is 29.7. The molecular weight excluding hydrogens is 354 g/mol.